The van der Waals surface area contributed by atoms with Crippen molar-refractivity contribution < 1.29 is 0 Å². The molecule has 0 spiro atoms. The van der Waals surface area contributed by atoms with Crippen LogP contribution in [0.2, 0.25) is 0 Å². The first-order valence-electron chi connectivity index (χ1n) is 5.70. The van der Waals surface area contributed by atoms with Gasteiger partial charge in [-0.1, -0.05) is 62.4 Å². The molecule has 0 heteroatoms. The molecular weight excluding hydrogens is 180 g/mol. The van der Waals surface area contributed by atoms with E-state index in [1.807, 2.05) is 0 Å². The van der Waals surface area contributed by atoms with Crippen molar-refractivity contribution in [2.75, 3.05) is 0 Å². The smallest absolute Gasteiger partial charge is 0.00557 e. The summed E-state index contributed by atoms with van der Waals surface area (Å²) in [5.41, 5.74) is 2.86. The molecule has 0 aromatic heterocycles. The van der Waals surface area contributed by atoms with Gasteiger partial charge < -0.3 is 0 Å². The van der Waals surface area contributed by atoms with Gasteiger partial charge in [0.25, 0.3) is 0 Å². The van der Waals surface area contributed by atoms with E-state index in [9.17, 15) is 0 Å². The van der Waals surface area contributed by atoms with Gasteiger partial charge in [-0.15, -0.1) is 0 Å². The predicted molar refractivity (Wildman–Crippen MR) is 66.2 cm³/mol. The molecule has 0 saturated heterocycles. The summed E-state index contributed by atoms with van der Waals surface area (Å²) >= 11 is 0. The van der Waals surface area contributed by atoms with Crippen molar-refractivity contribution in [3.63, 3.8) is 0 Å². The van der Waals surface area contributed by atoms with E-state index in [2.05, 4.69) is 62.4 Å². The molecule has 1 aliphatic rings. The molecule has 1 aliphatic carbocycles. The lowest BCUT2D eigenvalue weighted by Gasteiger charge is -2.14. The molecule has 0 bridgehead atoms. The van der Waals surface area contributed by atoms with Gasteiger partial charge in [0.2, 0.25) is 0 Å². The SMILES string of the molecule is CC(C)c1ccc(C2C=CC=CC2)cc1. The van der Waals surface area contributed by atoms with Crippen LogP contribution in [0.25, 0.3) is 0 Å². The maximum Gasteiger partial charge on any atom is 0.00557 e. The third kappa shape index (κ3) is 2.38. The average molecular weight is 198 g/mol. The van der Waals surface area contributed by atoms with Crippen LogP contribution in [-0.2, 0) is 0 Å². The molecule has 2 rings (SSSR count). The van der Waals surface area contributed by atoms with E-state index in [1.54, 1.807) is 0 Å². The molecule has 1 atom stereocenters. The van der Waals surface area contributed by atoms with Crippen LogP contribution >= 0.6 is 0 Å². The third-order valence-corrected chi connectivity index (χ3v) is 3.01. The lowest BCUT2D eigenvalue weighted by atomic mass is 9.91. The molecule has 0 radical (unpaired) electrons. The Bertz CT molecular complexity index is 366. The Morgan fingerprint density at radius 3 is 2.33 bits per heavy atom. The van der Waals surface area contributed by atoms with Crippen molar-refractivity contribution >= 4 is 0 Å². The van der Waals surface area contributed by atoms with Crippen LogP contribution < -0.4 is 0 Å². The summed E-state index contributed by atoms with van der Waals surface area (Å²) in [6.07, 6.45) is 9.92. The van der Waals surface area contributed by atoms with Crippen LogP contribution in [0.15, 0.2) is 48.6 Å². The van der Waals surface area contributed by atoms with Gasteiger partial charge in [-0.25, -0.2) is 0 Å². The third-order valence-electron chi connectivity index (χ3n) is 3.01. The fourth-order valence-corrected chi connectivity index (χ4v) is 1.96. The molecule has 1 unspecified atom stereocenters. The van der Waals surface area contributed by atoms with Gasteiger partial charge in [-0.2, -0.15) is 0 Å². The first-order chi connectivity index (χ1) is 7.27. The standard InChI is InChI=1S/C15H18/c1-12(2)13-8-10-15(11-9-13)14-6-4-3-5-7-14/h3-6,8-12,14H,7H2,1-2H3. The fourth-order valence-electron chi connectivity index (χ4n) is 1.96. The van der Waals surface area contributed by atoms with Crippen molar-refractivity contribution in [2.24, 2.45) is 0 Å². The number of hydrogen-bond donors (Lipinski definition) is 0. The second kappa shape index (κ2) is 4.48. The van der Waals surface area contributed by atoms with Crippen LogP contribution in [0.4, 0.5) is 0 Å². The number of benzene rings is 1. The second-order valence-electron chi connectivity index (χ2n) is 4.48. The predicted octanol–water partition coefficient (Wildman–Crippen LogP) is 4.41. The minimum absolute atomic E-state index is 0.580. The largest absolute Gasteiger partial charge is 0.0836 e. The van der Waals surface area contributed by atoms with E-state index in [-0.39, 0.29) is 0 Å². The van der Waals surface area contributed by atoms with Gasteiger partial charge in [-0.05, 0) is 23.5 Å². The van der Waals surface area contributed by atoms with Crippen LogP contribution in [-0.4, -0.2) is 0 Å². The highest BCUT2D eigenvalue weighted by atomic mass is 14.1. The molecule has 0 amide bonds. The van der Waals surface area contributed by atoms with Crippen molar-refractivity contribution in [1.82, 2.24) is 0 Å². The van der Waals surface area contributed by atoms with E-state index in [4.69, 9.17) is 0 Å². The quantitative estimate of drug-likeness (QED) is 0.660. The van der Waals surface area contributed by atoms with Crippen molar-refractivity contribution in [3.05, 3.63) is 59.7 Å². The Kier molecular flexibility index (Phi) is 3.05. The molecule has 1 aromatic rings. The number of rotatable bonds is 2. The van der Waals surface area contributed by atoms with E-state index >= 15 is 0 Å². The molecule has 0 nitrogen and oxygen atoms in total. The van der Waals surface area contributed by atoms with E-state index in [0.29, 0.717) is 11.8 Å². The highest BCUT2D eigenvalue weighted by molar-refractivity contribution is 5.32. The summed E-state index contributed by atoms with van der Waals surface area (Å²) < 4.78 is 0. The first-order valence-corrected chi connectivity index (χ1v) is 5.70. The molecule has 15 heavy (non-hydrogen) atoms. The number of hydrogen-bond acceptors (Lipinski definition) is 0. The number of allylic oxidation sites excluding steroid dienone is 4. The molecule has 0 aliphatic heterocycles. The molecule has 0 fully saturated rings. The van der Waals surface area contributed by atoms with E-state index in [0.717, 1.165) is 6.42 Å². The lowest BCUT2D eigenvalue weighted by Crippen LogP contribution is -1.96. The summed E-state index contributed by atoms with van der Waals surface area (Å²) in [7, 11) is 0. The Morgan fingerprint density at radius 1 is 1.07 bits per heavy atom. The summed E-state index contributed by atoms with van der Waals surface area (Å²) in [6, 6.07) is 9.05. The zero-order valence-corrected chi connectivity index (χ0v) is 9.48. The molecular formula is C15H18. The zero-order chi connectivity index (χ0) is 10.7. The maximum absolute atomic E-state index is 2.28. The van der Waals surface area contributed by atoms with Gasteiger partial charge in [0, 0.05) is 5.92 Å². The molecule has 1 aromatic carbocycles. The summed E-state index contributed by atoms with van der Waals surface area (Å²) in [4.78, 5) is 0. The minimum atomic E-state index is 0.580. The molecule has 78 valence electrons. The topological polar surface area (TPSA) is 0 Å². The van der Waals surface area contributed by atoms with Gasteiger partial charge in [0.05, 0.1) is 0 Å². The van der Waals surface area contributed by atoms with Crippen molar-refractivity contribution in [3.8, 4) is 0 Å². The maximum atomic E-state index is 2.28. The normalized spacial score (nSPS) is 19.8. The van der Waals surface area contributed by atoms with E-state index < -0.39 is 0 Å². The Hall–Kier alpha value is -1.30. The minimum Gasteiger partial charge on any atom is -0.0836 e. The summed E-state index contributed by atoms with van der Waals surface area (Å²) in [5, 5.41) is 0. The van der Waals surface area contributed by atoms with E-state index in [1.165, 1.54) is 11.1 Å². The molecule has 0 saturated carbocycles. The Morgan fingerprint density at radius 2 is 1.80 bits per heavy atom. The first kappa shape index (κ1) is 10.2. The second-order valence-corrected chi connectivity index (χ2v) is 4.48. The van der Waals surface area contributed by atoms with Crippen LogP contribution in [0.3, 0.4) is 0 Å². The zero-order valence-electron chi connectivity index (χ0n) is 9.48. The summed E-state index contributed by atoms with van der Waals surface area (Å²) in [5.74, 6) is 1.21. The Balaban J connectivity index is 2.16. The highest BCUT2D eigenvalue weighted by Crippen LogP contribution is 2.25. The lowest BCUT2D eigenvalue weighted by molar-refractivity contribution is 0.839. The molecule has 0 heterocycles. The van der Waals surface area contributed by atoms with Gasteiger partial charge in [0.1, 0.15) is 0 Å². The Labute approximate surface area is 92.3 Å². The highest BCUT2D eigenvalue weighted by Gasteiger charge is 2.08. The van der Waals surface area contributed by atoms with Gasteiger partial charge in [0.15, 0.2) is 0 Å². The van der Waals surface area contributed by atoms with Crippen LogP contribution in [0.5, 0.6) is 0 Å². The average Bonchev–Trinajstić information content (AvgIpc) is 2.30. The van der Waals surface area contributed by atoms with Crippen LogP contribution in [0, 0.1) is 0 Å². The molecule has 0 N–H and O–H groups in total. The monoisotopic (exact) mass is 198 g/mol. The summed E-state index contributed by atoms with van der Waals surface area (Å²) in [6.45, 7) is 4.47. The van der Waals surface area contributed by atoms with Crippen LogP contribution in [0.1, 0.15) is 43.2 Å². The fraction of sp³-hybridized carbons (Fsp3) is 0.333. The van der Waals surface area contributed by atoms with Crippen molar-refractivity contribution in [1.29, 1.82) is 0 Å². The van der Waals surface area contributed by atoms with Gasteiger partial charge >= 0.3 is 0 Å². The van der Waals surface area contributed by atoms with Crippen molar-refractivity contribution in [2.45, 2.75) is 32.1 Å². The van der Waals surface area contributed by atoms with Gasteiger partial charge in [-0.3, -0.25) is 0 Å².